The normalized spacial score (nSPS) is 16.0. The van der Waals surface area contributed by atoms with Crippen LogP contribution in [0, 0.1) is 55.4 Å². The Labute approximate surface area is 218 Å². The predicted octanol–water partition coefficient (Wildman–Crippen LogP) is 5.01. The molecule has 0 aromatic heterocycles. The van der Waals surface area contributed by atoms with Crippen LogP contribution >= 0.6 is 0 Å². The average molecular weight is 509 g/mol. The first kappa shape index (κ1) is 24.9. The largest absolute Gasteiger partial charge is 0.402 e. The Morgan fingerprint density at radius 2 is 0.583 bits per heavy atom. The molecule has 1 aliphatic heterocycles. The minimum absolute atomic E-state index is 1.22. The molecule has 1 fully saturated rings. The highest BCUT2D eigenvalue weighted by atomic mass is 28.5. The van der Waals surface area contributed by atoms with Crippen LogP contribution < -0.4 is 20.7 Å². The van der Waals surface area contributed by atoms with Crippen molar-refractivity contribution in [1.29, 1.82) is 0 Å². The summed E-state index contributed by atoms with van der Waals surface area (Å²) in [5.74, 6) is 0. The summed E-state index contributed by atoms with van der Waals surface area (Å²) >= 11 is 0. The van der Waals surface area contributed by atoms with Gasteiger partial charge in [-0.25, -0.2) is 0 Å². The lowest BCUT2D eigenvalue weighted by atomic mass is 10.1. The third-order valence-corrected chi connectivity index (χ3v) is 17.2. The molecule has 4 aromatic rings. The molecule has 0 unspecified atom stereocenters. The number of benzene rings is 4. The summed E-state index contributed by atoms with van der Waals surface area (Å²) in [5, 5.41) is 4.88. The molecule has 1 saturated heterocycles. The summed E-state index contributed by atoms with van der Waals surface area (Å²) in [4.78, 5) is 0. The highest BCUT2D eigenvalue weighted by molar-refractivity contribution is 7.16. The molecule has 1 heterocycles. The summed E-state index contributed by atoms with van der Waals surface area (Å²) in [6.45, 7) is 17.4. The Balaban J connectivity index is 1.78. The number of aryl methyl sites for hydroxylation is 8. The van der Waals surface area contributed by atoms with E-state index in [2.05, 4.69) is 128 Å². The Kier molecular flexibility index (Phi) is 6.20. The number of rotatable bonds is 4. The molecule has 184 valence electrons. The molecule has 36 heavy (non-hydrogen) atoms. The molecule has 4 heteroatoms. The van der Waals surface area contributed by atoms with Crippen LogP contribution in [-0.2, 0) is 8.23 Å². The number of hydrogen-bond donors (Lipinski definition) is 0. The van der Waals surface area contributed by atoms with Crippen LogP contribution in [0.3, 0.4) is 0 Å². The SMILES string of the molecule is Cc1ccc([Si]2(c3ccc(C)cc3C)O[Si](c3ccc(C)cc3C)(c3ccc(C)cc3C)O2)c(C)c1. The molecule has 0 bridgehead atoms. The van der Waals surface area contributed by atoms with Gasteiger partial charge in [-0.3, -0.25) is 0 Å². The fourth-order valence-electron chi connectivity index (χ4n) is 5.87. The van der Waals surface area contributed by atoms with Gasteiger partial charge in [0.15, 0.2) is 0 Å². The van der Waals surface area contributed by atoms with Crippen molar-refractivity contribution in [2.24, 2.45) is 0 Å². The fourth-order valence-corrected chi connectivity index (χ4v) is 16.8. The molecular weight excluding hydrogens is 473 g/mol. The molecule has 0 spiro atoms. The Hall–Kier alpha value is -2.77. The van der Waals surface area contributed by atoms with Crippen molar-refractivity contribution in [3.05, 3.63) is 117 Å². The van der Waals surface area contributed by atoms with E-state index in [-0.39, 0.29) is 0 Å². The van der Waals surface area contributed by atoms with Gasteiger partial charge < -0.3 is 8.23 Å². The molecule has 4 aromatic carbocycles. The molecule has 5 rings (SSSR count). The second-order valence-electron chi connectivity index (χ2n) is 10.7. The van der Waals surface area contributed by atoms with Crippen LogP contribution in [0.5, 0.6) is 0 Å². The zero-order valence-electron chi connectivity index (χ0n) is 22.7. The summed E-state index contributed by atoms with van der Waals surface area (Å²) in [6.07, 6.45) is 0. The maximum atomic E-state index is 7.60. The molecule has 0 radical (unpaired) electrons. The van der Waals surface area contributed by atoms with Crippen LogP contribution in [-0.4, -0.2) is 17.1 Å². The third kappa shape index (κ3) is 3.93. The molecular formula is C32H36O2Si2. The van der Waals surface area contributed by atoms with E-state index in [0.717, 1.165) is 0 Å². The van der Waals surface area contributed by atoms with Gasteiger partial charge in [-0.1, -0.05) is 95.1 Å². The summed E-state index contributed by atoms with van der Waals surface area (Å²) in [5.41, 5.74) is 9.99. The minimum Gasteiger partial charge on any atom is -0.402 e. The maximum absolute atomic E-state index is 7.60. The molecule has 1 aliphatic rings. The number of hydrogen-bond acceptors (Lipinski definition) is 2. The van der Waals surface area contributed by atoms with Gasteiger partial charge >= 0.3 is 17.1 Å². The summed E-state index contributed by atoms with van der Waals surface area (Å²) in [6, 6.07) is 26.8. The first-order chi connectivity index (χ1) is 17.1. The Morgan fingerprint density at radius 1 is 0.361 bits per heavy atom. The van der Waals surface area contributed by atoms with E-state index in [0.29, 0.717) is 0 Å². The van der Waals surface area contributed by atoms with Crippen molar-refractivity contribution in [1.82, 2.24) is 0 Å². The van der Waals surface area contributed by atoms with Gasteiger partial charge in [0, 0.05) is 20.7 Å². The predicted molar refractivity (Wildman–Crippen MR) is 156 cm³/mol. The lowest BCUT2D eigenvalue weighted by Crippen LogP contribution is -2.89. The zero-order valence-corrected chi connectivity index (χ0v) is 24.7. The Morgan fingerprint density at radius 3 is 0.778 bits per heavy atom. The van der Waals surface area contributed by atoms with Gasteiger partial charge in [0.25, 0.3) is 0 Å². The highest BCUT2D eigenvalue weighted by Crippen LogP contribution is 2.34. The summed E-state index contributed by atoms with van der Waals surface area (Å²) in [7, 11) is -5.88. The second kappa shape index (κ2) is 8.96. The molecule has 0 atom stereocenters. The highest BCUT2D eigenvalue weighted by Gasteiger charge is 2.68. The smallest absolute Gasteiger partial charge is 0.390 e. The van der Waals surface area contributed by atoms with Crippen molar-refractivity contribution in [2.45, 2.75) is 55.4 Å². The van der Waals surface area contributed by atoms with Gasteiger partial charge in [-0.2, -0.15) is 0 Å². The Bertz CT molecular complexity index is 1260. The lowest BCUT2D eigenvalue weighted by Gasteiger charge is -2.55. The molecule has 0 saturated carbocycles. The van der Waals surface area contributed by atoms with Crippen molar-refractivity contribution in [3.8, 4) is 0 Å². The van der Waals surface area contributed by atoms with E-state index in [1.54, 1.807) is 0 Å². The van der Waals surface area contributed by atoms with E-state index in [9.17, 15) is 0 Å². The van der Waals surface area contributed by atoms with E-state index in [1.807, 2.05) is 0 Å². The monoisotopic (exact) mass is 508 g/mol. The average Bonchev–Trinajstić information content (AvgIpc) is 2.76. The van der Waals surface area contributed by atoms with Crippen LogP contribution in [0.15, 0.2) is 72.8 Å². The van der Waals surface area contributed by atoms with E-state index >= 15 is 0 Å². The minimum atomic E-state index is -2.94. The standard InChI is InChI=1S/C32H36O2Si2/c1-21-9-13-29(25(5)17-21)35(30-14-10-22(2)18-26(30)6)33-36(34-35,31-15-11-23(3)19-27(31)7)32-16-12-24(4)20-28(32)8/h9-20H,1-8H3. The van der Waals surface area contributed by atoms with Gasteiger partial charge in [0.05, 0.1) is 0 Å². The first-order valence-corrected chi connectivity index (χ1v) is 16.4. The van der Waals surface area contributed by atoms with Crippen molar-refractivity contribution < 1.29 is 8.23 Å². The molecule has 2 nitrogen and oxygen atoms in total. The van der Waals surface area contributed by atoms with Gasteiger partial charge in [0.1, 0.15) is 0 Å². The van der Waals surface area contributed by atoms with Gasteiger partial charge in [0.2, 0.25) is 0 Å². The lowest BCUT2D eigenvalue weighted by molar-refractivity contribution is 0.267. The molecule has 0 aliphatic carbocycles. The molecule has 0 N–H and O–H groups in total. The molecule has 0 amide bonds. The van der Waals surface area contributed by atoms with Crippen LogP contribution in [0.2, 0.25) is 0 Å². The van der Waals surface area contributed by atoms with Crippen LogP contribution in [0.25, 0.3) is 0 Å². The van der Waals surface area contributed by atoms with E-state index in [4.69, 9.17) is 8.23 Å². The van der Waals surface area contributed by atoms with E-state index < -0.39 is 17.1 Å². The van der Waals surface area contributed by atoms with Gasteiger partial charge in [-0.15, -0.1) is 0 Å². The maximum Gasteiger partial charge on any atom is 0.390 e. The third-order valence-electron chi connectivity index (χ3n) is 7.52. The van der Waals surface area contributed by atoms with Crippen molar-refractivity contribution >= 4 is 37.9 Å². The summed E-state index contributed by atoms with van der Waals surface area (Å²) < 4.78 is 15.2. The van der Waals surface area contributed by atoms with E-state index in [1.165, 1.54) is 65.3 Å². The van der Waals surface area contributed by atoms with Crippen LogP contribution in [0.4, 0.5) is 0 Å². The van der Waals surface area contributed by atoms with Gasteiger partial charge in [-0.05, 0) is 77.6 Å². The fraction of sp³-hybridized carbons (Fsp3) is 0.250. The zero-order chi connectivity index (χ0) is 25.8. The quantitative estimate of drug-likeness (QED) is 0.361. The second-order valence-corrected chi connectivity index (χ2v) is 17.0. The van der Waals surface area contributed by atoms with Crippen molar-refractivity contribution in [3.63, 3.8) is 0 Å². The topological polar surface area (TPSA) is 18.5 Å². The first-order valence-electron chi connectivity index (χ1n) is 12.8. The van der Waals surface area contributed by atoms with Crippen molar-refractivity contribution in [2.75, 3.05) is 0 Å². The van der Waals surface area contributed by atoms with Crippen LogP contribution in [0.1, 0.15) is 44.5 Å².